The summed E-state index contributed by atoms with van der Waals surface area (Å²) in [5.74, 6) is 0.295. The monoisotopic (exact) mass is 410 g/mol. The van der Waals surface area contributed by atoms with Gasteiger partial charge in [-0.1, -0.05) is 54.1 Å². The number of hydrogen-bond acceptors (Lipinski definition) is 3. The second-order valence-electron chi connectivity index (χ2n) is 6.94. The van der Waals surface area contributed by atoms with E-state index in [9.17, 15) is 9.18 Å². The number of aromatic nitrogens is 2. The lowest BCUT2D eigenvalue weighted by Crippen LogP contribution is -2.11. The molecule has 1 unspecified atom stereocenters. The molecular formula is C23H20ClFN2O2. The summed E-state index contributed by atoms with van der Waals surface area (Å²) >= 11 is 6.40. The Bertz CT molecular complexity index is 1050. The van der Waals surface area contributed by atoms with Crippen LogP contribution < -0.4 is 4.74 Å². The maximum absolute atomic E-state index is 15.0. The molecule has 0 fully saturated rings. The molecule has 1 aromatic heterocycles. The molecule has 0 radical (unpaired) electrons. The average molecular weight is 411 g/mol. The summed E-state index contributed by atoms with van der Waals surface area (Å²) in [5.41, 5.74) is 1.40. The summed E-state index contributed by atoms with van der Waals surface area (Å²) in [5, 5.41) is 0.232. The molecular weight excluding hydrogens is 391 g/mol. The van der Waals surface area contributed by atoms with Crippen molar-refractivity contribution in [1.29, 1.82) is 0 Å². The highest BCUT2D eigenvalue weighted by molar-refractivity contribution is 6.32. The second-order valence-corrected chi connectivity index (χ2v) is 7.30. The van der Waals surface area contributed by atoms with E-state index in [0.717, 1.165) is 24.8 Å². The van der Waals surface area contributed by atoms with E-state index in [1.165, 1.54) is 6.07 Å². The molecule has 4 nitrogen and oxygen atoms in total. The van der Waals surface area contributed by atoms with Gasteiger partial charge in [0.1, 0.15) is 34.8 Å². The van der Waals surface area contributed by atoms with Crippen LogP contribution in [0.5, 0.6) is 5.75 Å². The molecule has 0 N–H and O–H groups in total. The predicted octanol–water partition coefficient (Wildman–Crippen LogP) is 6.02. The molecule has 0 aliphatic heterocycles. The third-order valence-corrected chi connectivity index (χ3v) is 5.36. The molecule has 148 valence electrons. The summed E-state index contributed by atoms with van der Waals surface area (Å²) in [7, 11) is 0. The zero-order chi connectivity index (χ0) is 20.2. The zero-order valence-electron chi connectivity index (χ0n) is 15.7. The van der Waals surface area contributed by atoms with Crippen molar-refractivity contribution >= 4 is 17.9 Å². The van der Waals surface area contributed by atoms with Gasteiger partial charge in [0, 0.05) is 6.07 Å². The van der Waals surface area contributed by atoms with Crippen LogP contribution in [0.3, 0.4) is 0 Å². The van der Waals surface area contributed by atoms with Crippen LogP contribution in [0, 0.1) is 5.82 Å². The molecule has 0 saturated heterocycles. The number of allylic oxidation sites excluding steroid dienone is 2. The van der Waals surface area contributed by atoms with Crippen molar-refractivity contribution in [2.45, 2.75) is 31.9 Å². The van der Waals surface area contributed by atoms with E-state index < -0.39 is 5.82 Å². The highest BCUT2D eigenvalue weighted by Gasteiger charge is 2.24. The Morgan fingerprint density at radius 3 is 2.76 bits per heavy atom. The molecule has 0 amide bonds. The van der Waals surface area contributed by atoms with Crippen LogP contribution in [0.15, 0.2) is 60.7 Å². The number of aldehydes is 1. The minimum absolute atomic E-state index is 0.0548. The lowest BCUT2D eigenvalue weighted by atomic mass is 10.0. The van der Waals surface area contributed by atoms with Crippen molar-refractivity contribution in [3.63, 3.8) is 0 Å². The number of imidazole rings is 1. The third-order valence-electron chi connectivity index (χ3n) is 4.98. The number of ether oxygens (including phenoxy) is 1. The van der Waals surface area contributed by atoms with E-state index in [2.05, 4.69) is 11.1 Å². The van der Waals surface area contributed by atoms with Crippen LogP contribution in [0.2, 0.25) is 5.15 Å². The summed E-state index contributed by atoms with van der Waals surface area (Å²) in [4.78, 5) is 15.7. The zero-order valence-corrected chi connectivity index (χ0v) is 16.5. The van der Waals surface area contributed by atoms with Gasteiger partial charge in [0.25, 0.3) is 0 Å². The topological polar surface area (TPSA) is 44.1 Å². The van der Waals surface area contributed by atoms with Crippen molar-refractivity contribution in [1.82, 2.24) is 9.55 Å². The standard InChI is InChI=1S/C23H20ClFN2O2/c24-22-21(14-28)26-23(27(22)17-9-5-2-6-10-17)19-12-11-18(13-20(19)25)29-15-16-7-3-1-4-8-16/h1,3-5,7-9,11-14,17H,2,6,10,15H2. The Labute approximate surface area is 173 Å². The number of carbonyl (C=O) groups is 1. The first-order valence-electron chi connectivity index (χ1n) is 9.53. The maximum Gasteiger partial charge on any atom is 0.171 e. The molecule has 3 aromatic rings. The molecule has 1 heterocycles. The van der Waals surface area contributed by atoms with Gasteiger partial charge in [-0.15, -0.1) is 0 Å². The van der Waals surface area contributed by atoms with Crippen molar-refractivity contribution in [3.05, 3.63) is 82.9 Å². The Balaban J connectivity index is 1.65. The van der Waals surface area contributed by atoms with Gasteiger partial charge >= 0.3 is 0 Å². The van der Waals surface area contributed by atoms with Crippen molar-refractivity contribution in [2.75, 3.05) is 0 Å². The van der Waals surface area contributed by atoms with Gasteiger partial charge < -0.3 is 9.30 Å². The molecule has 6 heteroatoms. The van der Waals surface area contributed by atoms with E-state index in [1.807, 2.05) is 36.4 Å². The fourth-order valence-corrected chi connectivity index (χ4v) is 3.81. The van der Waals surface area contributed by atoms with Crippen LogP contribution in [0.25, 0.3) is 11.4 Å². The summed E-state index contributed by atoms with van der Waals surface area (Å²) in [6.07, 6.45) is 7.57. The molecule has 29 heavy (non-hydrogen) atoms. The average Bonchev–Trinajstić information content (AvgIpc) is 3.09. The number of hydrogen-bond donors (Lipinski definition) is 0. The molecule has 2 aromatic carbocycles. The smallest absolute Gasteiger partial charge is 0.171 e. The summed E-state index contributed by atoms with van der Waals surface area (Å²) in [6, 6.07) is 14.3. The van der Waals surface area contributed by atoms with Gasteiger partial charge in [-0.3, -0.25) is 4.79 Å². The molecule has 1 aliphatic carbocycles. The molecule has 0 saturated carbocycles. The van der Waals surface area contributed by atoms with Crippen molar-refractivity contribution in [3.8, 4) is 17.1 Å². The Morgan fingerprint density at radius 2 is 2.07 bits per heavy atom. The predicted molar refractivity (Wildman–Crippen MR) is 111 cm³/mol. The van der Waals surface area contributed by atoms with Crippen LogP contribution in [-0.2, 0) is 6.61 Å². The Morgan fingerprint density at radius 1 is 1.24 bits per heavy atom. The fraction of sp³-hybridized carbons (Fsp3) is 0.217. The molecule has 0 spiro atoms. The Hall–Kier alpha value is -2.92. The largest absolute Gasteiger partial charge is 0.489 e. The van der Waals surface area contributed by atoms with E-state index in [1.54, 1.807) is 16.7 Å². The second kappa shape index (κ2) is 8.62. The quantitative estimate of drug-likeness (QED) is 0.369. The van der Waals surface area contributed by atoms with Gasteiger partial charge in [0.15, 0.2) is 6.29 Å². The van der Waals surface area contributed by atoms with Gasteiger partial charge in [-0.05, 0) is 37.0 Å². The van der Waals surface area contributed by atoms with E-state index in [4.69, 9.17) is 16.3 Å². The van der Waals surface area contributed by atoms with E-state index >= 15 is 0 Å². The lowest BCUT2D eigenvalue weighted by molar-refractivity contribution is 0.111. The first kappa shape index (κ1) is 19.4. The van der Waals surface area contributed by atoms with Crippen LogP contribution >= 0.6 is 11.6 Å². The van der Waals surface area contributed by atoms with Crippen LogP contribution in [-0.4, -0.2) is 15.8 Å². The first-order chi connectivity index (χ1) is 14.2. The van der Waals surface area contributed by atoms with Gasteiger partial charge in [-0.2, -0.15) is 0 Å². The number of carbonyl (C=O) groups excluding carboxylic acids is 1. The SMILES string of the molecule is O=Cc1nc(-c2ccc(OCc3ccccc3)cc2F)n(C2C=CCCC2)c1Cl. The van der Waals surface area contributed by atoms with Crippen LogP contribution in [0.4, 0.5) is 4.39 Å². The van der Waals surface area contributed by atoms with E-state index in [-0.39, 0.29) is 22.5 Å². The number of halogens is 2. The third kappa shape index (κ3) is 4.10. The number of benzene rings is 2. The number of rotatable bonds is 6. The van der Waals surface area contributed by atoms with E-state index in [0.29, 0.717) is 24.5 Å². The lowest BCUT2D eigenvalue weighted by Gasteiger charge is -2.21. The highest BCUT2D eigenvalue weighted by Crippen LogP contribution is 2.35. The maximum atomic E-state index is 15.0. The summed E-state index contributed by atoms with van der Waals surface area (Å²) < 4.78 is 22.4. The minimum Gasteiger partial charge on any atom is -0.489 e. The first-order valence-corrected chi connectivity index (χ1v) is 9.91. The molecule has 1 atom stereocenters. The van der Waals surface area contributed by atoms with Crippen molar-refractivity contribution < 1.29 is 13.9 Å². The van der Waals surface area contributed by atoms with Gasteiger partial charge in [-0.25, -0.2) is 9.37 Å². The highest BCUT2D eigenvalue weighted by atomic mass is 35.5. The van der Waals surface area contributed by atoms with Gasteiger partial charge in [0.05, 0.1) is 11.6 Å². The molecule has 0 bridgehead atoms. The Kier molecular flexibility index (Phi) is 5.76. The molecule has 1 aliphatic rings. The summed E-state index contributed by atoms with van der Waals surface area (Å²) in [6.45, 7) is 0.349. The van der Waals surface area contributed by atoms with Crippen LogP contribution in [0.1, 0.15) is 41.4 Å². The van der Waals surface area contributed by atoms with Gasteiger partial charge in [0.2, 0.25) is 0 Å². The van der Waals surface area contributed by atoms with Crippen molar-refractivity contribution in [2.24, 2.45) is 0 Å². The minimum atomic E-state index is -0.476. The normalized spacial score (nSPS) is 16.0. The molecule has 4 rings (SSSR count). The number of nitrogens with zero attached hydrogens (tertiary/aromatic N) is 2. The fourth-order valence-electron chi connectivity index (χ4n) is 3.52.